The molecule has 38 valence electrons. The van der Waals surface area contributed by atoms with E-state index in [1.54, 1.807) is 11.3 Å². The van der Waals surface area contributed by atoms with Gasteiger partial charge in [-0.25, -0.2) is 6.07 Å². The summed E-state index contributed by atoms with van der Waals surface area (Å²) in [6.07, 6.45) is 0. The normalized spacial score (nSPS) is 7.62. The van der Waals surface area contributed by atoms with E-state index in [1.165, 1.54) is 0 Å². The molecule has 0 saturated carbocycles. The fourth-order valence-corrected chi connectivity index (χ4v) is 0.950. The molecular weight excluding hydrogens is 145 g/mol. The third kappa shape index (κ3) is 2.62. The second-order valence-corrected chi connectivity index (χ2v) is 1.92. The number of hydrogen-bond donors (Lipinski definition) is 1. The maximum atomic E-state index is 2.99. The first-order chi connectivity index (χ1) is 3.43. The summed E-state index contributed by atoms with van der Waals surface area (Å²) >= 11 is 1.65. The van der Waals surface area contributed by atoms with Gasteiger partial charge in [-0.1, -0.05) is 0 Å². The quantitative estimate of drug-likeness (QED) is 0.384. The van der Waals surface area contributed by atoms with E-state index in [1.807, 2.05) is 17.8 Å². The Morgan fingerprint density at radius 2 is 2.50 bits per heavy atom. The van der Waals surface area contributed by atoms with Crippen molar-refractivity contribution < 1.29 is 51.4 Å². The van der Waals surface area contributed by atoms with Gasteiger partial charge in [0.05, 0.1) is 0 Å². The summed E-state index contributed by atoms with van der Waals surface area (Å²) in [4.78, 5) is 0. The third-order valence-corrected chi connectivity index (χ3v) is 1.36. The van der Waals surface area contributed by atoms with Gasteiger partial charge in [0.15, 0.2) is 0 Å². The van der Waals surface area contributed by atoms with Crippen LogP contribution in [0.2, 0.25) is 0 Å². The Morgan fingerprint density at radius 3 is 2.75 bits per heavy atom. The number of anilines is 1. The van der Waals surface area contributed by atoms with Crippen LogP contribution in [-0.2, 0) is 0 Å². The summed E-state index contributed by atoms with van der Waals surface area (Å²) in [5.74, 6) is 0. The monoisotopic (exact) mass is 151 g/mol. The largest absolute Gasteiger partial charge is 1.00 e. The number of rotatable bonds is 1. The number of nitrogens with one attached hydrogen (secondary N) is 1. The maximum absolute atomic E-state index is 2.99. The van der Waals surface area contributed by atoms with Gasteiger partial charge >= 0.3 is 51.4 Å². The van der Waals surface area contributed by atoms with Crippen LogP contribution in [-0.4, -0.2) is 7.05 Å². The molecule has 0 aromatic carbocycles. The van der Waals surface area contributed by atoms with Crippen molar-refractivity contribution in [3.8, 4) is 0 Å². The number of thiophene rings is 1. The zero-order chi connectivity index (χ0) is 5.11. The molecule has 1 nitrogen and oxygen atoms in total. The van der Waals surface area contributed by atoms with E-state index < -0.39 is 0 Å². The molecule has 1 heterocycles. The number of hydrogen-bond acceptors (Lipinski definition) is 2. The van der Waals surface area contributed by atoms with Crippen molar-refractivity contribution in [2.45, 2.75) is 0 Å². The molecule has 0 atom stereocenters. The molecule has 0 fully saturated rings. The minimum absolute atomic E-state index is 0. The van der Waals surface area contributed by atoms with Crippen molar-refractivity contribution in [1.29, 1.82) is 0 Å². The molecule has 0 aliphatic heterocycles. The van der Waals surface area contributed by atoms with E-state index in [2.05, 4.69) is 11.4 Å². The minimum atomic E-state index is 0. The van der Waals surface area contributed by atoms with Gasteiger partial charge in [-0.05, 0) is 0 Å². The zero-order valence-electron chi connectivity index (χ0n) is 5.06. The summed E-state index contributed by atoms with van der Waals surface area (Å²) in [5, 5.41) is 6.90. The Labute approximate surface area is 95.9 Å². The summed E-state index contributed by atoms with van der Waals surface area (Å²) in [7, 11) is 1.89. The fraction of sp³-hybridized carbons (Fsp3) is 0.200. The fourth-order valence-electron chi connectivity index (χ4n) is 0.365. The van der Waals surface area contributed by atoms with Gasteiger partial charge in [-0.3, -0.25) is 11.3 Å². The first-order valence-corrected chi connectivity index (χ1v) is 2.99. The van der Waals surface area contributed by atoms with Crippen molar-refractivity contribution in [3.63, 3.8) is 0 Å². The minimum Gasteiger partial charge on any atom is -0.420 e. The molecule has 1 N–H and O–H groups in total. The summed E-state index contributed by atoms with van der Waals surface area (Å²) in [6, 6.07) is 2.99. The molecule has 0 spiro atoms. The average molecular weight is 151 g/mol. The van der Waals surface area contributed by atoms with Crippen molar-refractivity contribution in [2.24, 2.45) is 0 Å². The molecule has 1 aromatic rings. The Hall–Kier alpha value is 1.14. The summed E-state index contributed by atoms with van der Waals surface area (Å²) < 4.78 is 0. The van der Waals surface area contributed by atoms with Crippen LogP contribution in [0.5, 0.6) is 0 Å². The van der Waals surface area contributed by atoms with E-state index in [-0.39, 0.29) is 51.4 Å². The average Bonchev–Trinajstić information content (AvgIpc) is 2.14. The first kappa shape index (κ1) is 9.14. The van der Waals surface area contributed by atoms with Crippen LogP contribution in [0, 0.1) is 6.07 Å². The van der Waals surface area contributed by atoms with E-state index >= 15 is 0 Å². The topological polar surface area (TPSA) is 12.0 Å². The molecular formula is C5H6KNS. The van der Waals surface area contributed by atoms with E-state index in [0.29, 0.717) is 0 Å². The van der Waals surface area contributed by atoms with Crippen LogP contribution in [0.4, 0.5) is 5.69 Å². The molecule has 0 radical (unpaired) electrons. The molecule has 0 saturated heterocycles. The first-order valence-electron chi connectivity index (χ1n) is 2.05. The van der Waals surface area contributed by atoms with Crippen molar-refractivity contribution in [2.75, 3.05) is 12.4 Å². The molecule has 1 aromatic heterocycles. The van der Waals surface area contributed by atoms with Gasteiger partial charge in [-0.15, -0.1) is 16.4 Å². The van der Waals surface area contributed by atoms with E-state index in [4.69, 9.17) is 0 Å². The van der Waals surface area contributed by atoms with Gasteiger partial charge in [-0.2, -0.15) is 0 Å². The Bertz CT molecular complexity index is 127. The van der Waals surface area contributed by atoms with Gasteiger partial charge in [0.2, 0.25) is 0 Å². The van der Waals surface area contributed by atoms with Gasteiger partial charge in [0.1, 0.15) is 0 Å². The SMILES string of the molecule is CNc1[c-]csc1.[K+]. The third-order valence-electron chi connectivity index (χ3n) is 0.738. The van der Waals surface area contributed by atoms with Crippen LogP contribution in [0.1, 0.15) is 0 Å². The van der Waals surface area contributed by atoms with Gasteiger partial charge in [0, 0.05) is 7.05 Å². The summed E-state index contributed by atoms with van der Waals surface area (Å²) in [6.45, 7) is 0. The predicted molar refractivity (Wildman–Crippen MR) is 32.7 cm³/mol. The molecule has 0 unspecified atom stereocenters. The summed E-state index contributed by atoms with van der Waals surface area (Å²) in [5.41, 5.74) is 1.07. The van der Waals surface area contributed by atoms with Crippen molar-refractivity contribution in [3.05, 3.63) is 16.8 Å². The maximum Gasteiger partial charge on any atom is 1.00 e. The van der Waals surface area contributed by atoms with Crippen LogP contribution in [0.15, 0.2) is 10.8 Å². The van der Waals surface area contributed by atoms with Crippen molar-refractivity contribution in [1.82, 2.24) is 0 Å². The van der Waals surface area contributed by atoms with Crippen LogP contribution < -0.4 is 56.7 Å². The molecule has 0 bridgehead atoms. The smallest absolute Gasteiger partial charge is 0.420 e. The molecule has 0 aliphatic carbocycles. The van der Waals surface area contributed by atoms with Crippen LogP contribution in [0.3, 0.4) is 0 Å². The molecule has 8 heavy (non-hydrogen) atoms. The van der Waals surface area contributed by atoms with Gasteiger partial charge < -0.3 is 5.32 Å². The zero-order valence-corrected chi connectivity index (χ0v) is 9.00. The van der Waals surface area contributed by atoms with Crippen LogP contribution >= 0.6 is 11.3 Å². The Morgan fingerprint density at radius 1 is 1.75 bits per heavy atom. The predicted octanol–water partition coefficient (Wildman–Crippen LogP) is -1.41. The Balaban J connectivity index is 0.000000490. The second kappa shape index (κ2) is 4.96. The molecule has 1 rings (SSSR count). The molecule has 0 amide bonds. The Kier molecular flexibility index (Phi) is 5.67. The van der Waals surface area contributed by atoms with E-state index in [9.17, 15) is 0 Å². The van der Waals surface area contributed by atoms with Gasteiger partial charge in [0.25, 0.3) is 0 Å². The standard InChI is InChI=1S/C5H6NS.K/c1-6-5-2-3-7-4-5;/h3-4,6H,1H3;/q-1;+1. The van der Waals surface area contributed by atoms with Crippen molar-refractivity contribution >= 4 is 17.0 Å². The second-order valence-electron chi connectivity index (χ2n) is 1.18. The molecule has 3 heteroatoms. The van der Waals surface area contributed by atoms with Crippen LogP contribution in [0.25, 0.3) is 0 Å². The van der Waals surface area contributed by atoms with E-state index in [0.717, 1.165) is 5.69 Å². The molecule has 0 aliphatic rings.